The molecule has 0 aliphatic carbocycles. The average Bonchev–Trinajstić information content (AvgIpc) is 2.71. The Kier molecular flexibility index (Phi) is 4.54. The van der Waals surface area contributed by atoms with Crippen LogP contribution < -0.4 is 10.6 Å². The minimum atomic E-state index is -0.643. The SMILES string of the molecule is CCO[C@@H]1OC(=O)C[C@@H]1NC(=O)[C@@H]1CCCCN1. The molecule has 0 bridgehead atoms. The van der Waals surface area contributed by atoms with Gasteiger partial charge in [-0.25, -0.2) is 0 Å². The Balaban J connectivity index is 1.86. The molecule has 0 spiro atoms. The molecule has 2 N–H and O–H groups in total. The van der Waals surface area contributed by atoms with Gasteiger partial charge < -0.3 is 20.1 Å². The van der Waals surface area contributed by atoms with Crippen molar-refractivity contribution in [1.82, 2.24) is 10.6 Å². The van der Waals surface area contributed by atoms with Crippen LogP contribution in [0.5, 0.6) is 0 Å². The van der Waals surface area contributed by atoms with E-state index >= 15 is 0 Å². The fraction of sp³-hybridized carbons (Fsp3) is 0.833. The Hall–Kier alpha value is -1.14. The van der Waals surface area contributed by atoms with Crippen LogP contribution in [0.15, 0.2) is 0 Å². The second kappa shape index (κ2) is 6.15. The van der Waals surface area contributed by atoms with Crippen LogP contribution in [0.1, 0.15) is 32.6 Å². The van der Waals surface area contributed by atoms with Crippen molar-refractivity contribution in [2.75, 3.05) is 13.2 Å². The van der Waals surface area contributed by atoms with Gasteiger partial charge in [-0.15, -0.1) is 0 Å². The van der Waals surface area contributed by atoms with E-state index in [0.717, 1.165) is 25.8 Å². The van der Waals surface area contributed by atoms with Crippen molar-refractivity contribution in [2.45, 2.75) is 51.0 Å². The zero-order valence-corrected chi connectivity index (χ0v) is 10.6. The fourth-order valence-electron chi connectivity index (χ4n) is 2.33. The van der Waals surface area contributed by atoms with Gasteiger partial charge in [-0.05, 0) is 26.3 Å². The maximum absolute atomic E-state index is 12.0. The Labute approximate surface area is 106 Å². The maximum Gasteiger partial charge on any atom is 0.310 e. The van der Waals surface area contributed by atoms with Crippen molar-refractivity contribution in [3.8, 4) is 0 Å². The number of hydrogen-bond acceptors (Lipinski definition) is 5. The van der Waals surface area contributed by atoms with Gasteiger partial charge in [-0.3, -0.25) is 9.59 Å². The molecule has 2 aliphatic rings. The van der Waals surface area contributed by atoms with Crippen LogP contribution in [0, 0.1) is 0 Å². The number of esters is 1. The Morgan fingerprint density at radius 3 is 3.06 bits per heavy atom. The van der Waals surface area contributed by atoms with Crippen LogP contribution >= 0.6 is 0 Å². The third-order valence-corrected chi connectivity index (χ3v) is 3.25. The van der Waals surface area contributed by atoms with E-state index in [1.54, 1.807) is 0 Å². The van der Waals surface area contributed by atoms with Gasteiger partial charge in [-0.2, -0.15) is 0 Å². The van der Waals surface area contributed by atoms with E-state index in [4.69, 9.17) is 9.47 Å². The second-order valence-electron chi connectivity index (χ2n) is 4.64. The van der Waals surface area contributed by atoms with Crippen molar-refractivity contribution >= 4 is 11.9 Å². The number of cyclic esters (lactones) is 1. The summed E-state index contributed by atoms with van der Waals surface area (Å²) in [4.78, 5) is 23.2. The zero-order chi connectivity index (χ0) is 13.0. The van der Waals surface area contributed by atoms with Gasteiger partial charge in [0.1, 0.15) is 6.04 Å². The van der Waals surface area contributed by atoms with Gasteiger partial charge in [0.05, 0.1) is 12.5 Å². The lowest BCUT2D eigenvalue weighted by Gasteiger charge is -2.25. The lowest BCUT2D eigenvalue weighted by Crippen LogP contribution is -2.51. The third-order valence-electron chi connectivity index (χ3n) is 3.25. The van der Waals surface area contributed by atoms with Gasteiger partial charge in [0.25, 0.3) is 0 Å². The van der Waals surface area contributed by atoms with Gasteiger partial charge in [0, 0.05) is 6.61 Å². The van der Waals surface area contributed by atoms with E-state index < -0.39 is 6.29 Å². The molecule has 0 saturated carbocycles. The van der Waals surface area contributed by atoms with Crippen molar-refractivity contribution in [2.24, 2.45) is 0 Å². The Bertz CT molecular complexity index is 315. The van der Waals surface area contributed by atoms with Crippen LogP contribution in [-0.4, -0.2) is 43.4 Å². The summed E-state index contributed by atoms with van der Waals surface area (Å²) in [5.41, 5.74) is 0. The normalized spacial score (nSPS) is 32.1. The topological polar surface area (TPSA) is 76.7 Å². The molecular weight excluding hydrogens is 236 g/mol. The summed E-state index contributed by atoms with van der Waals surface area (Å²) < 4.78 is 10.3. The highest BCUT2D eigenvalue weighted by molar-refractivity contribution is 5.83. The lowest BCUT2D eigenvalue weighted by molar-refractivity contribution is -0.164. The van der Waals surface area contributed by atoms with Gasteiger partial charge >= 0.3 is 5.97 Å². The van der Waals surface area contributed by atoms with Gasteiger partial charge in [0.2, 0.25) is 12.2 Å². The molecule has 2 aliphatic heterocycles. The number of amides is 1. The molecule has 102 valence electrons. The first-order valence-electron chi connectivity index (χ1n) is 6.55. The van der Waals surface area contributed by atoms with Crippen LogP contribution in [0.4, 0.5) is 0 Å². The van der Waals surface area contributed by atoms with E-state index in [2.05, 4.69) is 10.6 Å². The number of nitrogens with one attached hydrogen (secondary N) is 2. The standard InChI is InChI=1S/C12H20N2O4/c1-2-17-12-9(7-10(15)18-12)14-11(16)8-5-3-4-6-13-8/h8-9,12-13H,2-7H2,1H3,(H,14,16)/t8-,9-,12+/m0/s1. The lowest BCUT2D eigenvalue weighted by atomic mass is 10.0. The molecule has 0 aromatic heterocycles. The Morgan fingerprint density at radius 2 is 2.39 bits per heavy atom. The molecule has 2 heterocycles. The average molecular weight is 256 g/mol. The molecule has 0 aromatic rings. The predicted octanol–water partition coefficient (Wildman–Crippen LogP) is -0.0772. The third kappa shape index (κ3) is 3.20. The van der Waals surface area contributed by atoms with Crippen LogP contribution in [0.2, 0.25) is 0 Å². The quantitative estimate of drug-likeness (QED) is 0.688. The smallest absolute Gasteiger partial charge is 0.310 e. The number of hydrogen-bond donors (Lipinski definition) is 2. The van der Waals surface area contributed by atoms with E-state index in [0.29, 0.717) is 6.61 Å². The number of rotatable bonds is 4. The van der Waals surface area contributed by atoms with Crippen molar-refractivity contribution in [3.63, 3.8) is 0 Å². The predicted molar refractivity (Wildman–Crippen MR) is 63.7 cm³/mol. The van der Waals surface area contributed by atoms with Gasteiger partial charge in [0.15, 0.2) is 0 Å². The summed E-state index contributed by atoms with van der Waals surface area (Å²) in [5.74, 6) is -0.391. The number of ether oxygens (including phenoxy) is 2. The van der Waals surface area contributed by atoms with Crippen molar-refractivity contribution in [3.05, 3.63) is 0 Å². The molecule has 6 nitrogen and oxygen atoms in total. The molecule has 2 fully saturated rings. The number of carbonyl (C=O) groups excluding carboxylic acids is 2. The van der Waals surface area contributed by atoms with Crippen LogP contribution in [0.3, 0.4) is 0 Å². The first kappa shape index (κ1) is 13.3. The van der Waals surface area contributed by atoms with Crippen LogP contribution in [-0.2, 0) is 19.1 Å². The Morgan fingerprint density at radius 1 is 1.56 bits per heavy atom. The van der Waals surface area contributed by atoms with E-state index in [9.17, 15) is 9.59 Å². The number of piperidine rings is 1. The molecular formula is C12H20N2O4. The minimum absolute atomic E-state index is 0.0669. The highest BCUT2D eigenvalue weighted by Crippen LogP contribution is 2.17. The summed E-state index contributed by atoms with van der Waals surface area (Å²) in [6.07, 6.45) is 2.54. The summed E-state index contributed by atoms with van der Waals surface area (Å²) in [6.45, 7) is 3.15. The summed E-state index contributed by atoms with van der Waals surface area (Å²) >= 11 is 0. The fourth-order valence-corrected chi connectivity index (χ4v) is 2.33. The molecule has 3 atom stereocenters. The molecule has 1 amide bonds. The van der Waals surface area contributed by atoms with Gasteiger partial charge in [-0.1, -0.05) is 6.42 Å². The number of carbonyl (C=O) groups is 2. The van der Waals surface area contributed by atoms with Crippen LogP contribution in [0.25, 0.3) is 0 Å². The van der Waals surface area contributed by atoms with E-state index in [1.807, 2.05) is 6.92 Å². The summed E-state index contributed by atoms with van der Waals surface area (Å²) in [7, 11) is 0. The molecule has 2 rings (SSSR count). The molecule has 6 heteroatoms. The van der Waals surface area contributed by atoms with Crippen molar-refractivity contribution in [1.29, 1.82) is 0 Å². The summed E-state index contributed by atoms with van der Waals surface area (Å²) in [5, 5.41) is 6.01. The first-order chi connectivity index (χ1) is 8.70. The molecule has 18 heavy (non-hydrogen) atoms. The first-order valence-corrected chi connectivity index (χ1v) is 6.55. The molecule has 0 unspecified atom stereocenters. The second-order valence-corrected chi connectivity index (χ2v) is 4.64. The highest BCUT2D eigenvalue weighted by atomic mass is 16.7. The van der Waals surface area contributed by atoms with E-state index in [-0.39, 0.29) is 30.4 Å². The van der Waals surface area contributed by atoms with E-state index in [1.165, 1.54) is 0 Å². The molecule has 0 aromatic carbocycles. The van der Waals surface area contributed by atoms with Crippen molar-refractivity contribution < 1.29 is 19.1 Å². The largest absolute Gasteiger partial charge is 0.433 e. The molecule has 0 radical (unpaired) electrons. The minimum Gasteiger partial charge on any atom is -0.433 e. The monoisotopic (exact) mass is 256 g/mol. The highest BCUT2D eigenvalue weighted by Gasteiger charge is 2.37. The summed E-state index contributed by atoms with van der Waals surface area (Å²) in [6, 6.07) is -0.523. The molecule has 2 saturated heterocycles. The zero-order valence-electron chi connectivity index (χ0n) is 10.6. The maximum atomic E-state index is 12.0.